The SMILES string of the molecule is C=C.C=C(C)C(=O)OC(=O)CN. The van der Waals surface area contributed by atoms with Gasteiger partial charge in [0.05, 0.1) is 6.54 Å². The molecule has 68 valence electrons. The highest BCUT2D eigenvalue weighted by molar-refractivity contribution is 5.95. The summed E-state index contributed by atoms with van der Waals surface area (Å²) in [6, 6.07) is 0. The third kappa shape index (κ3) is 6.70. The summed E-state index contributed by atoms with van der Waals surface area (Å²) >= 11 is 0. The number of carbonyl (C=O) groups is 2. The third-order valence-electron chi connectivity index (χ3n) is 0.722. The molecule has 0 aliphatic rings. The van der Waals surface area contributed by atoms with E-state index in [2.05, 4.69) is 24.5 Å². The van der Waals surface area contributed by atoms with Crippen LogP contribution >= 0.6 is 0 Å². The lowest BCUT2D eigenvalue weighted by Crippen LogP contribution is -2.20. The van der Waals surface area contributed by atoms with Crippen molar-refractivity contribution >= 4 is 11.9 Å². The predicted octanol–water partition coefficient (Wildman–Crippen LogP) is 0.393. The van der Waals surface area contributed by atoms with Gasteiger partial charge in [0.15, 0.2) is 0 Å². The van der Waals surface area contributed by atoms with Crippen molar-refractivity contribution in [3.05, 3.63) is 25.3 Å². The molecule has 0 radical (unpaired) electrons. The molecule has 4 nitrogen and oxygen atoms in total. The van der Waals surface area contributed by atoms with Crippen LogP contribution in [0.2, 0.25) is 0 Å². The van der Waals surface area contributed by atoms with Gasteiger partial charge in [-0.25, -0.2) is 4.79 Å². The summed E-state index contributed by atoms with van der Waals surface area (Å²) in [4.78, 5) is 20.8. The highest BCUT2D eigenvalue weighted by Crippen LogP contribution is 1.90. The molecule has 0 saturated heterocycles. The van der Waals surface area contributed by atoms with Crippen LogP contribution in [-0.4, -0.2) is 18.5 Å². The second kappa shape index (κ2) is 7.68. The lowest BCUT2D eigenvalue weighted by atomic mass is 10.4. The largest absolute Gasteiger partial charge is 0.389 e. The molecule has 0 aliphatic carbocycles. The molecule has 0 heterocycles. The molecule has 0 aromatic heterocycles. The third-order valence-corrected chi connectivity index (χ3v) is 0.722. The average molecular weight is 171 g/mol. The van der Waals surface area contributed by atoms with Crippen LogP contribution in [0.15, 0.2) is 25.3 Å². The Morgan fingerprint density at radius 3 is 2.08 bits per heavy atom. The first kappa shape index (κ1) is 13.2. The molecular formula is C8H13NO3. The molecule has 0 amide bonds. The van der Waals surface area contributed by atoms with Crippen LogP contribution in [0.5, 0.6) is 0 Å². The molecule has 0 aromatic carbocycles. The Hall–Kier alpha value is -1.42. The zero-order valence-corrected chi connectivity index (χ0v) is 7.13. The van der Waals surface area contributed by atoms with Crippen LogP contribution < -0.4 is 5.73 Å². The fourth-order valence-corrected chi connectivity index (χ4v) is 0.232. The normalized spacial score (nSPS) is 7.50. The summed E-state index contributed by atoms with van der Waals surface area (Å²) in [5.74, 6) is -1.47. The fourth-order valence-electron chi connectivity index (χ4n) is 0.232. The predicted molar refractivity (Wildman–Crippen MR) is 46.2 cm³/mol. The maximum atomic E-state index is 10.5. The van der Waals surface area contributed by atoms with Crippen LogP contribution in [0.25, 0.3) is 0 Å². The number of esters is 2. The van der Waals surface area contributed by atoms with Crippen LogP contribution in [0.4, 0.5) is 0 Å². The number of rotatable bonds is 2. The van der Waals surface area contributed by atoms with Gasteiger partial charge >= 0.3 is 11.9 Å². The summed E-state index contributed by atoms with van der Waals surface area (Å²) in [7, 11) is 0. The van der Waals surface area contributed by atoms with Gasteiger partial charge in [-0.2, -0.15) is 0 Å². The van der Waals surface area contributed by atoms with Crippen LogP contribution in [0.3, 0.4) is 0 Å². The van der Waals surface area contributed by atoms with Gasteiger partial charge in [0.2, 0.25) is 0 Å². The molecule has 0 aliphatic heterocycles. The van der Waals surface area contributed by atoms with Gasteiger partial charge in [-0.1, -0.05) is 6.58 Å². The van der Waals surface area contributed by atoms with Gasteiger partial charge in [0.1, 0.15) is 0 Å². The molecule has 0 rings (SSSR count). The molecule has 0 bridgehead atoms. The molecule has 2 N–H and O–H groups in total. The summed E-state index contributed by atoms with van der Waals surface area (Å²) in [5.41, 5.74) is 5.05. The number of hydrogen-bond donors (Lipinski definition) is 1. The van der Waals surface area contributed by atoms with Gasteiger partial charge in [0.25, 0.3) is 0 Å². The van der Waals surface area contributed by atoms with E-state index >= 15 is 0 Å². The van der Waals surface area contributed by atoms with E-state index in [4.69, 9.17) is 5.73 Å². The smallest absolute Gasteiger partial charge is 0.340 e. The fraction of sp³-hybridized carbons (Fsp3) is 0.250. The van der Waals surface area contributed by atoms with Crippen molar-refractivity contribution in [1.82, 2.24) is 0 Å². The van der Waals surface area contributed by atoms with Crippen LogP contribution in [0.1, 0.15) is 6.92 Å². The Bertz CT molecular complexity index is 187. The lowest BCUT2D eigenvalue weighted by molar-refractivity contribution is -0.155. The molecule has 0 fully saturated rings. The van der Waals surface area contributed by atoms with Gasteiger partial charge in [-0.3, -0.25) is 4.79 Å². The minimum Gasteiger partial charge on any atom is -0.389 e. The van der Waals surface area contributed by atoms with Crippen molar-refractivity contribution in [3.63, 3.8) is 0 Å². The molecule has 0 saturated carbocycles. The maximum Gasteiger partial charge on any atom is 0.340 e. The van der Waals surface area contributed by atoms with Crippen LogP contribution in [0, 0.1) is 0 Å². The zero-order chi connectivity index (χ0) is 10.1. The Kier molecular flexibility index (Phi) is 8.45. The minimum atomic E-state index is -0.743. The van der Waals surface area contributed by atoms with Crippen molar-refractivity contribution in [2.24, 2.45) is 5.73 Å². The highest BCUT2D eigenvalue weighted by atomic mass is 16.6. The van der Waals surface area contributed by atoms with Gasteiger partial charge in [-0.05, 0) is 6.92 Å². The Morgan fingerprint density at radius 1 is 1.42 bits per heavy atom. The monoisotopic (exact) mass is 171 g/mol. The van der Waals surface area contributed by atoms with E-state index in [1.165, 1.54) is 6.92 Å². The number of ether oxygens (including phenoxy) is 1. The maximum absolute atomic E-state index is 10.5. The molecule has 4 heteroatoms. The lowest BCUT2D eigenvalue weighted by Gasteiger charge is -1.97. The van der Waals surface area contributed by atoms with E-state index in [1.54, 1.807) is 0 Å². The Morgan fingerprint density at radius 2 is 1.83 bits per heavy atom. The topological polar surface area (TPSA) is 69.4 Å². The van der Waals surface area contributed by atoms with Crippen LogP contribution in [-0.2, 0) is 14.3 Å². The van der Waals surface area contributed by atoms with Crippen molar-refractivity contribution in [2.75, 3.05) is 6.54 Å². The molecular weight excluding hydrogens is 158 g/mol. The van der Waals surface area contributed by atoms with E-state index in [1.807, 2.05) is 0 Å². The molecule has 0 atom stereocenters. The standard InChI is InChI=1S/C6H9NO3.C2H4/c1-4(2)6(9)10-5(8)3-7;1-2/h1,3,7H2,2H3;1-2H2. The number of hydrogen-bond acceptors (Lipinski definition) is 4. The summed E-state index contributed by atoms with van der Waals surface area (Å²) < 4.78 is 4.16. The second-order valence-electron chi connectivity index (χ2n) is 1.75. The van der Waals surface area contributed by atoms with Gasteiger partial charge < -0.3 is 10.5 Å². The van der Waals surface area contributed by atoms with E-state index < -0.39 is 11.9 Å². The van der Waals surface area contributed by atoms with Gasteiger partial charge in [-0.15, -0.1) is 13.2 Å². The van der Waals surface area contributed by atoms with Crippen molar-refractivity contribution in [2.45, 2.75) is 6.92 Å². The first-order valence-corrected chi connectivity index (χ1v) is 3.18. The first-order chi connectivity index (χ1) is 5.57. The molecule has 12 heavy (non-hydrogen) atoms. The van der Waals surface area contributed by atoms with Crippen molar-refractivity contribution < 1.29 is 14.3 Å². The minimum absolute atomic E-state index is 0.182. The summed E-state index contributed by atoms with van der Waals surface area (Å²) in [6.45, 7) is 10.4. The zero-order valence-electron chi connectivity index (χ0n) is 7.13. The van der Waals surface area contributed by atoms with E-state index in [9.17, 15) is 9.59 Å². The summed E-state index contributed by atoms with van der Waals surface area (Å²) in [6.07, 6.45) is 0. The van der Waals surface area contributed by atoms with Gasteiger partial charge in [0, 0.05) is 5.57 Å². The van der Waals surface area contributed by atoms with Crippen molar-refractivity contribution in [1.29, 1.82) is 0 Å². The van der Waals surface area contributed by atoms with E-state index in [0.29, 0.717) is 0 Å². The van der Waals surface area contributed by atoms with Crippen molar-refractivity contribution in [3.8, 4) is 0 Å². The quantitative estimate of drug-likeness (QED) is 0.282. The Balaban J connectivity index is 0. The average Bonchev–Trinajstić information content (AvgIpc) is 2.07. The highest BCUT2D eigenvalue weighted by Gasteiger charge is 2.07. The number of carbonyl (C=O) groups excluding carboxylic acids is 2. The Labute approximate surface area is 71.7 Å². The summed E-state index contributed by atoms with van der Waals surface area (Å²) in [5, 5.41) is 0. The van der Waals surface area contributed by atoms with E-state index in [-0.39, 0.29) is 12.1 Å². The van der Waals surface area contributed by atoms with E-state index in [0.717, 1.165) is 0 Å². The number of nitrogens with two attached hydrogens (primary N) is 1. The molecule has 0 unspecified atom stereocenters. The first-order valence-electron chi connectivity index (χ1n) is 3.18. The molecule has 0 aromatic rings. The molecule has 0 spiro atoms. The second-order valence-corrected chi connectivity index (χ2v) is 1.75.